The van der Waals surface area contributed by atoms with E-state index in [4.69, 9.17) is 16.7 Å². The SMILES string of the molecule is Cc1cc(Cl)cc(N2C(=O)C(C)(Cc3ccc(Br)cc3)NC2=NCC(=O)O)c1. The average molecular weight is 465 g/mol. The molecule has 6 nitrogen and oxygen atoms in total. The van der Waals surface area contributed by atoms with Crippen LogP contribution >= 0.6 is 27.5 Å². The number of halogens is 2. The highest BCUT2D eigenvalue weighted by Gasteiger charge is 2.47. The van der Waals surface area contributed by atoms with Crippen molar-refractivity contribution in [3.63, 3.8) is 0 Å². The van der Waals surface area contributed by atoms with E-state index in [1.165, 1.54) is 4.90 Å². The summed E-state index contributed by atoms with van der Waals surface area (Å²) in [4.78, 5) is 29.9. The molecule has 2 N–H and O–H groups in total. The summed E-state index contributed by atoms with van der Waals surface area (Å²) in [6, 6.07) is 13.0. The van der Waals surface area contributed by atoms with Crippen LogP contribution in [-0.2, 0) is 16.0 Å². The molecule has 0 radical (unpaired) electrons. The van der Waals surface area contributed by atoms with E-state index in [2.05, 4.69) is 26.2 Å². The van der Waals surface area contributed by atoms with Crippen LogP contribution in [-0.4, -0.2) is 35.0 Å². The predicted octanol–water partition coefficient (Wildman–Crippen LogP) is 3.79. The van der Waals surface area contributed by atoms with E-state index < -0.39 is 18.1 Å². The maximum absolute atomic E-state index is 13.4. The third kappa shape index (κ3) is 4.36. The van der Waals surface area contributed by atoms with E-state index in [1.807, 2.05) is 37.3 Å². The van der Waals surface area contributed by atoms with Crippen LogP contribution in [0.25, 0.3) is 0 Å². The topological polar surface area (TPSA) is 82.0 Å². The minimum absolute atomic E-state index is 0.202. The van der Waals surface area contributed by atoms with Gasteiger partial charge in [-0.1, -0.05) is 39.7 Å². The molecule has 1 heterocycles. The molecule has 1 aliphatic rings. The van der Waals surface area contributed by atoms with E-state index in [1.54, 1.807) is 19.1 Å². The second-order valence-corrected chi connectivity index (χ2v) is 8.27. The second-order valence-electron chi connectivity index (χ2n) is 6.92. The number of carboxylic acids is 1. The molecule has 3 rings (SSSR count). The largest absolute Gasteiger partial charge is 0.480 e. The van der Waals surface area contributed by atoms with E-state index in [9.17, 15) is 9.59 Å². The maximum Gasteiger partial charge on any atom is 0.325 e. The molecule has 0 aromatic heterocycles. The Bertz CT molecular complexity index is 941. The van der Waals surface area contributed by atoms with E-state index in [0.29, 0.717) is 17.1 Å². The van der Waals surface area contributed by atoms with Crippen LogP contribution in [0.3, 0.4) is 0 Å². The Hall–Kier alpha value is -2.38. The Morgan fingerprint density at radius 1 is 1.29 bits per heavy atom. The van der Waals surface area contributed by atoms with Crippen molar-refractivity contribution in [3.05, 3.63) is 63.1 Å². The Morgan fingerprint density at radius 2 is 1.96 bits per heavy atom. The number of amides is 1. The number of carbonyl (C=O) groups excluding carboxylic acids is 1. The first-order valence-electron chi connectivity index (χ1n) is 8.58. The first kappa shape index (κ1) is 20.4. The van der Waals surface area contributed by atoms with Crippen molar-refractivity contribution in [2.24, 2.45) is 4.99 Å². The summed E-state index contributed by atoms with van der Waals surface area (Å²) >= 11 is 9.57. The molecule has 146 valence electrons. The standard InChI is InChI=1S/C20H19BrClN3O3/c1-12-7-15(22)9-16(8-12)25-18(28)20(2,24-19(25)23-11-17(26)27)10-13-3-5-14(21)6-4-13/h3-9H,10-11H2,1-2H3,(H,23,24)(H,26,27). The van der Waals surface area contributed by atoms with Gasteiger partial charge in [-0.2, -0.15) is 0 Å². The van der Waals surface area contributed by atoms with Crippen molar-refractivity contribution < 1.29 is 14.7 Å². The van der Waals surface area contributed by atoms with Crippen LogP contribution in [0.15, 0.2) is 51.9 Å². The van der Waals surface area contributed by atoms with Gasteiger partial charge in [0.1, 0.15) is 12.1 Å². The second kappa shape index (κ2) is 7.93. The number of carboxylic acid groups (broad SMARTS) is 1. The van der Waals surface area contributed by atoms with Gasteiger partial charge in [0.2, 0.25) is 5.96 Å². The molecule has 1 amide bonds. The van der Waals surface area contributed by atoms with Gasteiger partial charge < -0.3 is 10.4 Å². The summed E-state index contributed by atoms with van der Waals surface area (Å²) in [7, 11) is 0. The van der Waals surface area contributed by atoms with Crippen LogP contribution in [0.5, 0.6) is 0 Å². The number of benzene rings is 2. The van der Waals surface area contributed by atoms with Crippen molar-refractivity contribution in [1.29, 1.82) is 0 Å². The number of hydrogen-bond donors (Lipinski definition) is 2. The maximum atomic E-state index is 13.4. The fraction of sp³-hybridized carbons (Fsp3) is 0.250. The quantitative estimate of drug-likeness (QED) is 0.705. The predicted molar refractivity (Wildman–Crippen MR) is 113 cm³/mol. The number of nitrogens with zero attached hydrogens (tertiary/aromatic N) is 2. The van der Waals surface area contributed by atoms with Gasteiger partial charge in [0.25, 0.3) is 5.91 Å². The van der Waals surface area contributed by atoms with Gasteiger partial charge in [-0.25, -0.2) is 9.89 Å². The number of aliphatic carboxylic acids is 1. The van der Waals surface area contributed by atoms with E-state index >= 15 is 0 Å². The Kier molecular flexibility index (Phi) is 5.76. The molecule has 2 aromatic rings. The van der Waals surface area contributed by atoms with Gasteiger partial charge >= 0.3 is 5.97 Å². The van der Waals surface area contributed by atoms with E-state index in [0.717, 1.165) is 15.6 Å². The zero-order valence-corrected chi connectivity index (χ0v) is 17.7. The molecule has 1 aliphatic heterocycles. The number of carbonyl (C=O) groups is 2. The van der Waals surface area contributed by atoms with Crippen LogP contribution in [0, 0.1) is 6.92 Å². The van der Waals surface area contributed by atoms with Crippen LogP contribution < -0.4 is 10.2 Å². The molecule has 28 heavy (non-hydrogen) atoms. The highest BCUT2D eigenvalue weighted by Crippen LogP contribution is 2.30. The molecule has 0 bridgehead atoms. The Balaban J connectivity index is 2.00. The average Bonchev–Trinajstić information content (AvgIpc) is 2.85. The summed E-state index contributed by atoms with van der Waals surface area (Å²) in [5, 5.41) is 12.6. The summed E-state index contributed by atoms with van der Waals surface area (Å²) in [5.41, 5.74) is 1.43. The summed E-state index contributed by atoms with van der Waals surface area (Å²) in [6.07, 6.45) is 0.418. The van der Waals surface area contributed by atoms with Crippen molar-refractivity contribution in [3.8, 4) is 0 Å². The molecular weight excluding hydrogens is 446 g/mol. The first-order valence-corrected chi connectivity index (χ1v) is 9.76. The summed E-state index contributed by atoms with van der Waals surface area (Å²) < 4.78 is 0.951. The normalized spacial score (nSPS) is 20.5. The molecule has 0 aliphatic carbocycles. The monoisotopic (exact) mass is 463 g/mol. The third-order valence-corrected chi connectivity index (χ3v) is 5.14. The molecule has 1 unspecified atom stereocenters. The van der Waals surface area contributed by atoms with Crippen LogP contribution in [0.1, 0.15) is 18.1 Å². The molecule has 1 atom stereocenters. The molecule has 1 saturated heterocycles. The molecule has 2 aromatic carbocycles. The number of anilines is 1. The van der Waals surface area contributed by atoms with Crippen LogP contribution in [0.2, 0.25) is 5.02 Å². The molecular formula is C20H19BrClN3O3. The highest BCUT2D eigenvalue weighted by molar-refractivity contribution is 9.10. The van der Waals surface area contributed by atoms with Gasteiger partial charge in [-0.15, -0.1) is 0 Å². The van der Waals surface area contributed by atoms with Gasteiger partial charge in [-0.3, -0.25) is 9.59 Å². The summed E-state index contributed by atoms with van der Waals surface area (Å²) in [5.74, 6) is -1.10. The first-order chi connectivity index (χ1) is 13.2. The lowest BCUT2D eigenvalue weighted by atomic mass is 9.93. The number of guanidine groups is 1. The fourth-order valence-electron chi connectivity index (χ4n) is 3.17. The number of aliphatic imine (C=N–C) groups is 1. The third-order valence-electron chi connectivity index (χ3n) is 4.39. The fourth-order valence-corrected chi connectivity index (χ4v) is 3.72. The molecule has 1 fully saturated rings. The zero-order chi connectivity index (χ0) is 20.5. The van der Waals surface area contributed by atoms with Gasteiger partial charge in [0.15, 0.2) is 0 Å². The van der Waals surface area contributed by atoms with Gasteiger partial charge in [0.05, 0.1) is 5.69 Å². The molecule has 8 heteroatoms. The number of nitrogens with one attached hydrogen (secondary N) is 1. The highest BCUT2D eigenvalue weighted by atomic mass is 79.9. The minimum Gasteiger partial charge on any atom is -0.480 e. The lowest BCUT2D eigenvalue weighted by molar-refractivity contribution is -0.135. The lowest BCUT2D eigenvalue weighted by Crippen LogP contribution is -2.46. The van der Waals surface area contributed by atoms with Gasteiger partial charge in [-0.05, 0) is 55.3 Å². The van der Waals surface area contributed by atoms with Crippen LogP contribution in [0.4, 0.5) is 5.69 Å². The lowest BCUT2D eigenvalue weighted by Gasteiger charge is -2.22. The van der Waals surface area contributed by atoms with Crippen molar-refractivity contribution in [1.82, 2.24) is 5.32 Å². The molecule has 0 spiro atoms. The Morgan fingerprint density at radius 3 is 2.57 bits per heavy atom. The van der Waals surface area contributed by atoms with Gasteiger partial charge in [0, 0.05) is 15.9 Å². The van der Waals surface area contributed by atoms with Crippen molar-refractivity contribution in [2.75, 3.05) is 11.4 Å². The van der Waals surface area contributed by atoms with Crippen molar-refractivity contribution >= 4 is 51.1 Å². The summed E-state index contributed by atoms with van der Waals surface area (Å²) in [6.45, 7) is 3.21. The number of hydrogen-bond acceptors (Lipinski definition) is 3. The Labute approximate surface area is 176 Å². The smallest absolute Gasteiger partial charge is 0.325 e. The number of aryl methyl sites for hydroxylation is 1. The minimum atomic E-state index is -1.08. The van der Waals surface area contributed by atoms with Crippen molar-refractivity contribution in [2.45, 2.75) is 25.8 Å². The van der Waals surface area contributed by atoms with E-state index in [-0.39, 0.29) is 11.9 Å². The molecule has 0 saturated carbocycles. The number of rotatable bonds is 5. The zero-order valence-electron chi connectivity index (χ0n) is 15.4.